The summed E-state index contributed by atoms with van der Waals surface area (Å²) >= 11 is 0. The second-order valence-electron chi connectivity index (χ2n) is 3.63. The van der Waals surface area contributed by atoms with Crippen LogP contribution in [-0.2, 0) is 0 Å². The molecule has 9 heavy (non-hydrogen) atoms. The van der Waals surface area contributed by atoms with Gasteiger partial charge in [0.05, 0.1) is 0 Å². The second-order valence-corrected chi connectivity index (χ2v) is 3.63. The van der Waals surface area contributed by atoms with Crippen LogP contribution in [0, 0.1) is 11.8 Å². The minimum absolute atomic E-state index is 0.689. The van der Waals surface area contributed by atoms with Crippen molar-refractivity contribution in [3.05, 3.63) is 6.42 Å². The van der Waals surface area contributed by atoms with Gasteiger partial charge in [-0.1, -0.05) is 26.7 Å². The van der Waals surface area contributed by atoms with Crippen molar-refractivity contribution in [1.29, 1.82) is 0 Å². The largest absolute Gasteiger partial charge is 0.0622 e. The van der Waals surface area contributed by atoms with Gasteiger partial charge in [0.2, 0.25) is 0 Å². The molecule has 0 unspecified atom stereocenters. The van der Waals surface area contributed by atoms with Crippen molar-refractivity contribution in [3.8, 4) is 0 Å². The fourth-order valence-electron chi connectivity index (χ4n) is 1.93. The first-order valence-electron chi connectivity index (χ1n) is 4.05. The molecule has 1 radical (unpaired) electrons. The van der Waals surface area contributed by atoms with Gasteiger partial charge in [-0.25, -0.2) is 0 Å². The van der Waals surface area contributed by atoms with Gasteiger partial charge in [-0.15, -0.1) is 0 Å². The normalized spacial score (nSPS) is 24.7. The minimum atomic E-state index is 0.689. The van der Waals surface area contributed by atoms with Crippen LogP contribution < -0.4 is 0 Å². The Kier molecular flexibility index (Phi) is 2.15. The van der Waals surface area contributed by atoms with E-state index >= 15 is 0 Å². The molecular weight excluding hydrogens is 108 g/mol. The van der Waals surface area contributed by atoms with Crippen LogP contribution in [-0.4, -0.2) is 0 Å². The smallest absolute Gasteiger partial charge is 0.0323 e. The standard InChI is InChI=1S/C9H17/c1-3-6-9(2)7-4-5-8-9/h3H,4-8H2,1-2H3. The van der Waals surface area contributed by atoms with E-state index in [1.807, 2.05) is 0 Å². The molecule has 0 bridgehead atoms. The van der Waals surface area contributed by atoms with Gasteiger partial charge in [-0.2, -0.15) is 0 Å². The molecule has 0 aliphatic heterocycles. The van der Waals surface area contributed by atoms with Crippen LogP contribution in [0.1, 0.15) is 46.0 Å². The van der Waals surface area contributed by atoms with Crippen LogP contribution >= 0.6 is 0 Å². The molecule has 0 amide bonds. The third-order valence-electron chi connectivity index (χ3n) is 2.51. The Morgan fingerprint density at radius 1 is 1.33 bits per heavy atom. The molecule has 1 rings (SSSR count). The summed E-state index contributed by atoms with van der Waals surface area (Å²) in [5.74, 6) is 0. The van der Waals surface area contributed by atoms with Gasteiger partial charge in [0, 0.05) is 0 Å². The van der Waals surface area contributed by atoms with Crippen LogP contribution in [0.5, 0.6) is 0 Å². The summed E-state index contributed by atoms with van der Waals surface area (Å²) in [4.78, 5) is 0. The van der Waals surface area contributed by atoms with Crippen molar-refractivity contribution in [2.75, 3.05) is 0 Å². The molecule has 1 aliphatic carbocycles. The van der Waals surface area contributed by atoms with Crippen LogP contribution in [0.4, 0.5) is 0 Å². The Hall–Kier alpha value is 0. The predicted molar refractivity (Wildman–Crippen MR) is 41.2 cm³/mol. The van der Waals surface area contributed by atoms with E-state index in [1.165, 1.54) is 32.1 Å². The van der Waals surface area contributed by atoms with E-state index < -0.39 is 0 Å². The van der Waals surface area contributed by atoms with Gasteiger partial charge >= 0.3 is 0 Å². The van der Waals surface area contributed by atoms with Crippen molar-refractivity contribution in [2.24, 2.45) is 5.41 Å². The van der Waals surface area contributed by atoms with Gasteiger partial charge in [-0.05, 0) is 31.1 Å². The maximum absolute atomic E-state index is 2.42. The van der Waals surface area contributed by atoms with Crippen molar-refractivity contribution >= 4 is 0 Å². The van der Waals surface area contributed by atoms with Crippen molar-refractivity contribution in [1.82, 2.24) is 0 Å². The summed E-state index contributed by atoms with van der Waals surface area (Å²) in [6, 6.07) is 0. The topological polar surface area (TPSA) is 0 Å². The summed E-state index contributed by atoms with van der Waals surface area (Å²) < 4.78 is 0. The van der Waals surface area contributed by atoms with Crippen molar-refractivity contribution < 1.29 is 0 Å². The third-order valence-corrected chi connectivity index (χ3v) is 2.51. The SMILES string of the molecule is C[CH]CC1(C)CCCC1. The molecule has 53 valence electrons. The first kappa shape index (κ1) is 7.11. The monoisotopic (exact) mass is 125 g/mol. The molecule has 1 saturated carbocycles. The summed E-state index contributed by atoms with van der Waals surface area (Å²) in [6.07, 6.45) is 9.47. The Labute approximate surface area is 58.7 Å². The van der Waals surface area contributed by atoms with E-state index in [0.29, 0.717) is 5.41 Å². The quantitative estimate of drug-likeness (QED) is 0.531. The highest BCUT2D eigenvalue weighted by atomic mass is 14.3. The van der Waals surface area contributed by atoms with E-state index in [1.54, 1.807) is 0 Å². The zero-order valence-corrected chi connectivity index (χ0v) is 6.61. The molecule has 0 aromatic heterocycles. The van der Waals surface area contributed by atoms with E-state index in [4.69, 9.17) is 0 Å². The fraction of sp³-hybridized carbons (Fsp3) is 0.889. The average Bonchev–Trinajstić information content (AvgIpc) is 2.16. The Morgan fingerprint density at radius 2 is 1.89 bits per heavy atom. The lowest BCUT2D eigenvalue weighted by atomic mass is 9.84. The molecule has 0 heterocycles. The first-order valence-corrected chi connectivity index (χ1v) is 4.05. The lowest BCUT2D eigenvalue weighted by molar-refractivity contribution is 0.331. The van der Waals surface area contributed by atoms with E-state index in [9.17, 15) is 0 Å². The summed E-state index contributed by atoms with van der Waals surface area (Å²) in [6.45, 7) is 4.59. The third kappa shape index (κ3) is 1.70. The number of hydrogen-bond acceptors (Lipinski definition) is 0. The molecule has 0 N–H and O–H groups in total. The minimum Gasteiger partial charge on any atom is -0.0622 e. The molecule has 0 aromatic rings. The van der Waals surface area contributed by atoms with Gasteiger partial charge in [0.25, 0.3) is 0 Å². The zero-order chi connectivity index (χ0) is 6.74. The molecule has 0 atom stereocenters. The van der Waals surface area contributed by atoms with Crippen LogP contribution in [0.25, 0.3) is 0 Å². The van der Waals surface area contributed by atoms with E-state index in [0.717, 1.165) is 0 Å². The fourth-order valence-corrected chi connectivity index (χ4v) is 1.93. The van der Waals surface area contributed by atoms with Gasteiger partial charge < -0.3 is 0 Å². The van der Waals surface area contributed by atoms with Gasteiger partial charge in [0.15, 0.2) is 0 Å². The summed E-state index contributed by atoms with van der Waals surface area (Å²) in [5, 5.41) is 0. The molecule has 0 aromatic carbocycles. The van der Waals surface area contributed by atoms with Crippen LogP contribution in [0.2, 0.25) is 0 Å². The highest BCUT2D eigenvalue weighted by molar-refractivity contribution is 4.83. The molecule has 1 aliphatic rings. The highest BCUT2D eigenvalue weighted by Gasteiger charge is 2.26. The first-order chi connectivity index (χ1) is 4.27. The van der Waals surface area contributed by atoms with Crippen LogP contribution in [0.3, 0.4) is 0 Å². The lowest BCUT2D eigenvalue weighted by Gasteiger charge is -2.21. The molecule has 0 saturated heterocycles. The van der Waals surface area contributed by atoms with Crippen LogP contribution in [0.15, 0.2) is 0 Å². The number of hydrogen-bond donors (Lipinski definition) is 0. The van der Waals surface area contributed by atoms with Crippen molar-refractivity contribution in [3.63, 3.8) is 0 Å². The molecule has 0 nitrogen and oxygen atoms in total. The maximum atomic E-state index is 2.42. The second kappa shape index (κ2) is 2.72. The zero-order valence-electron chi connectivity index (χ0n) is 6.61. The molecular formula is C9H17. The van der Waals surface area contributed by atoms with E-state index in [2.05, 4.69) is 20.3 Å². The van der Waals surface area contributed by atoms with Gasteiger partial charge in [-0.3, -0.25) is 0 Å². The molecule has 0 spiro atoms. The van der Waals surface area contributed by atoms with E-state index in [-0.39, 0.29) is 0 Å². The van der Waals surface area contributed by atoms with Gasteiger partial charge in [0.1, 0.15) is 0 Å². The molecule has 1 fully saturated rings. The Morgan fingerprint density at radius 3 is 2.33 bits per heavy atom. The van der Waals surface area contributed by atoms with Crippen molar-refractivity contribution in [2.45, 2.75) is 46.0 Å². The Balaban J connectivity index is 2.32. The maximum Gasteiger partial charge on any atom is -0.0323 e. The summed E-state index contributed by atoms with van der Waals surface area (Å²) in [5.41, 5.74) is 0.689. The summed E-state index contributed by atoms with van der Waals surface area (Å²) in [7, 11) is 0. The average molecular weight is 125 g/mol. The number of rotatable bonds is 2. The Bertz CT molecular complexity index is 78.0. The highest BCUT2D eigenvalue weighted by Crippen LogP contribution is 2.40. The molecule has 0 heteroatoms. The lowest BCUT2D eigenvalue weighted by Crippen LogP contribution is -2.09. The predicted octanol–water partition coefficient (Wildman–Crippen LogP) is 3.18.